The molecule has 4 nitrogen and oxygen atoms in total. The molecule has 0 atom stereocenters. The summed E-state index contributed by atoms with van der Waals surface area (Å²) in [7, 11) is 1.34. The van der Waals surface area contributed by atoms with Crippen molar-refractivity contribution in [1.82, 2.24) is 4.90 Å². The number of rotatable bonds is 5. The van der Waals surface area contributed by atoms with Gasteiger partial charge in [0.15, 0.2) is 0 Å². The highest BCUT2D eigenvalue weighted by molar-refractivity contribution is 5.98. The second kappa shape index (κ2) is 6.89. The molecule has 1 aliphatic rings. The van der Waals surface area contributed by atoms with E-state index in [2.05, 4.69) is 16.9 Å². The first-order chi connectivity index (χ1) is 9.70. The van der Waals surface area contributed by atoms with Gasteiger partial charge in [0.1, 0.15) is 0 Å². The zero-order chi connectivity index (χ0) is 14.4. The minimum atomic E-state index is -0.366. The number of esters is 1. The fraction of sp³-hybridized carbons (Fsp3) is 0.375. The lowest BCUT2D eigenvalue weighted by Crippen LogP contribution is -2.37. The maximum atomic E-state index is 12.2. The Balaban J connectivity index is 1.92. The average molecular weight is 273 g/mol. The van der Waals surface area contributed by atoms with Crippen LogP contribution in [0.4, 0.5) is 0 Å². The topological polar surface area (TPSA) is 46.6 Å². The highest BCUT2D eigenvalue weighted by Crippen LogP contribution is 2.16. The van der Waals surface area contributed by atoms with Crippen LogP contribution in [0.5, 0.6) is 0 Å². The molecule has 106 valence electrons. The van der Waals surface area contributed by atoms with Crippen LogP contribution in [0.2, 0.25) is 0 Å². The molecule has 0 N–H and O–H groups in total. The summed E-state index contributed by atoms with van der Waals surface area (Å²) in [5.74, 6) is -0.410. The first kappa shape index (κ1) is 14.3. The molecule has 0 fully saturated rings. The zero-order valence-corrected chi connectivity index (χ0v) is 11.7. The lowest BCUT2D eigenvalue weighted by atomic mass is 10.0. The second-order valence-corrected chi connectivity index (χ2v) is 4.80. The van der Waals surface area contributed by atoms with Gasteiger partial charge < -0.3 is 9.64 Å². The molecule has 0 aromatic heterocycles. The van der Waals surface area contributed by atoms with Crippen LogP contribution >= 0.6 is 0 Å². The quantitative estimate of drug-likeness (QED) is 0.770. The fourth-order valence-corrected chi connectivity index (χ4v) is 2.28. The van der Waals surface area contributed by atoms with Gasteiger partial charge in [0.05, 0.1) is 13.5 Å². The standard InChI is InChI=1S/C16H19NO3/c1-20-15(18)12-14-8-5-10-17(16(14)19)11-9-13-6-3-2-4-7-13/h2-4,6-8H,5,9-12H2,1H3. The van der Waals surface area contributed by atoms with Gasteiger partial charge in [-0.1, -0.05) is 36.4 Å². The predicted molar refractivity (Wildman–Crippen MR) is 76.1 cm³/mol. The third kappa shape index (κ3) is 3.70. The summed E-state index contributed by atoms with van der Waals surface area (Å²) in [6.07, 6.45) is 3.54. The van der Waals surface area contributed by atoms with Crippen molar-refractivity contribution in [3.8, 4) is 0 Å². The molecular weight excluding hydrogens is 254 g/mol. The molecule has 20 heavy (non-hydrogen) atoms. The predicted octanol–water partition coefficient (Wildman–Crippen LogP) is 1.95. The Morgan fingerprint density at radius 2 is 2.05 bits per heavy atom. The van der Waals surface area contributed by atoms with Crippen LogP contribution in [-0.4, -0.2) is 37.0 Å². The van der Waals surface area contributed by atoms with E-state index in [9.17, 15) is 9.59 Å². The Hall–Kier alpha value is -2.10. The maximum Gasteiger partial charge on any atom is 0.310 e. The number of carbonyl (C=O) groups is 2. The monoisotopic (exact) mass is 273 g/mol. The largest absolute Gasteiger partial charge is 0.469 e. The van der Waals surface area contributed by atoms with Gasteiger partial charge in [-0.15, -0.1) is 0 Å². The van der Waals surface area contributed by atoms with Gasteiger partial charge in [-0.3, -0.25) is 9.59 Å². The molecule has 0 unspecified atom stereocenters. The van der Waals surface area contributed by atoms with E-state index in [1.54, 1.807) is 0 Å². The number of methoxy groups -OCH3 is 1. The highest BCUT2D eigenvalue weighted by atomic mass is 16.5. The summed E-state index contributed by atoms with van der Waals surface area (Å²) >= 11 is 0. The summed E-state index contributed by atoms with van der Waals surface area (Å²) in [4.78, 5) is 25.3. The van der Waals surface area contributed by atoms with Gasteiger partial charge in [-0.05, 0) is 18.4 Å². The van der Waals surface area contributed by atoms with E-state index >= 15 is 0 Å². The first-order valence-electron chi connectivity index (χ1n) is 6.79. The van der Waals surface area contributed by atoms with Crippen molar-refractivity contribution in [2.45, 2.75) is 19.3 Å². The van der Waals surface area contributed by atoms with E-state index in [0.29, 0.717) is 12.1 Å². The molecule has 0 aliphatic carbocycles. The van der Waals surface area contributed by atoms with Gasteiger partial charge in [-0.2, -0.15) is 0 Å². The number of amides is 1. The molecule has 0 radical (unpaired) electrons. The van der Waals surface area contributed by atoms with Crippen LogP contribution in [0.3, 0.4) is 0 Å². The van der Waals surface area contributed by atoms with E-state index in [0.717, 1.165) is 19.4 Å². The van der Waals surface area contributed by atoms with E-state index in [4.69, 9.17) is 0 Å². The molecule has 1 amide bonds. The van der Waals surface area contributed by atoms with Crippen molar-refractivity contribution in [1.29, 1.82) is 0 Å². The minimum Gasteiger partial charge on any atom is -0.469 e. The zero-order valence-electron chi connectivity index (χ0n) is 11.7. The summed E-state index contributed by atoms with van der Waals surface area (Å²) in [6.45, 7) is 1.40. The Labute approximate surface area is 119 Å². The van der Waals surface area contributed by atoms with E-state index < -0.39 is 0 Å². The molecule has 0 bridgehead atoms. The summed E-state index contributed by atoms with van der Waals surface area (Å²) in [5, 5.41) is 0. The van der Waals surface area contributed by atoms with Gasteiger partial charge in [0.25, 0.3) is 0 Å². The summed E-state index contributed by atoms with van der Waals surface area (Å²) < 4.78 is 4.62. The second-order valence-electron chi connectivity index (χ2n) is 4.80. The number of hydrogen-bond donors (Lipinski definition) is 0. The SMILES string of the molecule is COC(=O)CC1=CCCN(CCc2ccccc2)C1=O. The van der Waals surface area contributed by atoms with E-state index in [1.807, 2.05) is 29.2 Å². The van der Waals surface area contributed by atoms with Crippen LogP contribution in [0, 0.1) is 0 Å². The number of nitrogens with zero attached hydrogens (tertiary/aromatic N) is 1. The highest BCUT2D eigenvalue weighted by Gasteiger charge is 2.23. The van der Waals surface area contributed by atoms with Crippen LogP contribution < -0.4 is 0 Å². The molecule has 0 spiro atoms. The molecule has 0 saturated carbocycles. The molecule has 1 aromatic carbocycles. The Bertz CT molecular complexity index is 508. The smallest absolute Gasteiger partial charge is 0.310 e. The van der Waals surface area contributed by atoms with Crippen molar-refractivity contribution < 1.29 is 14.3 Å². The molecule has 0 saturated heterocycles. The first-order valence-corrected chi connectivity index (χ1v) is 6.79. The molecule has 1 aliphatic heterocycles. The Morgan fingerprint density at radius 1 is 1.30 bits per heavy atom. The molecule has 1 heterocycles. The van der Waals surface area contributed by atoms with Crippen molar-refractivity contribution in [2.75, 3.05) is 20.2 Å². The normalized spacial score (nSPS) is 14.9. The lowest BCUT2D eigenvalue weighted by molar-refractivity contribution is -0.141. The third-order valence-electron chi connectivity index (χ3n) is 3.43. The van der Waals surface area contributed by atoms with Crippen LogP contribution in [0.25, 0.3) is 0 Å². The summed E-state index contributed by atoms with van der Waals surface area (Å²) in [5.41, 5.74) is 1.76. The van der Waals surface area contributed by atoms with E-state index in [1.165, 1.54) is 12.7 Å². The Morgan fingerprint density at radius 3 is 2.75 bits per heavy atom. The summed E-state index contributed by atoms with van der Waals surface area (Å²) in [6, 6.07) is 10.1. The van der Waals surface area contributed by atoms with Crippen molar-refractivity contribution in [2.24, 2.45) is 0 Å². The minimum absolute atomic E-state index is 0.0439. The van der Waals surface area contributed by atoms with Crippen molar-refractivity contribution in [3.05, 3.63) is 47.5 Å². The number of carbonyl (C=O) groups excluding carboxylic acids is 2. The number of hydrogen-bond acceptors (Lipinski definition) is 3. The fourth-order valence-electron chi connectivity index (χ4n) is 2.28. The number of ether oxygens (including phenoxy) is 1. The molecule has 4 heteroatoms. The van der Waals surface area contributed by atoms with Gasteiger partial charge in [0.2, 0.25) is 5.91 Å². The van der Waals surface area contributed by atoms with Gasteiger partial charge >= 0.3 is 5.97 Å². The van der Waals surface area contributed by atoms with Crippen LogP contribution in [0.1, 0.15) is 18.4 Å². The third-order valence-corrected chi connectivity index (χ3v) is 3.43. The van der Waals surface area contributed by atoms with Gasteiger partial charge in [-0.25, -0.2) is 0 Å². The Kier molecular flexibility index (Phi) is 4.93. The lowest BCUT2D eigenvalue weighted by Gasteiger charge is -2.27. The molecule has 2 rings (SSSR count). The number of benzene rings is 1. The van der Waals surface area contributed by atoms with Crippen LogP contribution in [-0.2, 0) is 20.7 Å². The average Bonchev–Trinajstić information content (AvgIpc) is 2.49. The van der Waals surface area contributed by atoms with Gasteiger partial charge in [0, 0.05) is 18.7 Å². The van der Waals surface area contributed by atoms with E-state index in [-0.39, 0.29) is 18.3 Å². The van der Waals surface area contributed by atoms with Crippen molar-refractivity contribution >= 4 is 11.9 Å². The maximum absolute atomic E-state index is 12.2. The van der Waals surface area contributed by atoms with Crippen LogP contribution in [0.15, 0.2) is 42.0 Å². The van der Waals surface area contributed by atoms with Crippen molar-refractivity contribution in [3.63, 3.8) is 0 Å². The molecule has 1 aromatic rings. The molecular formula is C16H19NO3.